The Kier molecular flexibility index (Phi) is 8.11. The molecule has 0 bridgehead atoms. The molecule has 0 radical (unpaired) electrons. The molecule has 0 aliphatic rings. The first-order valence-electron chi connectivity index (χ1n) is 7.75. The zero-order valence-corrected chi connectivity index (χ0v) is 12.7. The molecule has 0 aromatic heterocycles. The van der Waals surface area contributed by atoms with Crippen molar-refractivity contribution in [3.05, 3.63) is 24.3 Å². The molecular weight excluding hydrogens is 234 g/mol. The summed E-state index contributed by atoms with van der Waals surface area (Å²) in [7, 11) is 0. The van der Waals surface area contributed by atoms with Gasteiger partial charge in [-0.15, -0.1) is 0 Å². The molecule has 2 nitrogen and oxygen atoms in total. The molecule has 1 unspecified atom stereocenters. The molecule has 0 aliphatic carbocycles. The van der Waals surface area contributed by atoms with Crippen LogP contribution in [0.1, 0.15) is 59.3 Å². The minimum absolute atomic E-state index is 0.541. The van der Waals surface area contributed by atoms with Crippen LogP contribution in [0.2, 0.25) is 0 Å². The van der Waals surface area contributed by atoms with Gasteiger partial charge < -0.3 is 10.1 Å². The number of anilines is 1. The second-order valence-corrected chi connectivity index (χ2v) is 5.27. The Morgan fingerprint density at radius 1 is 1.00 bits per heavy atom. The lowest BCUT2D eigenvalue weighted by Gasteiger charge is -2.15. The van der Waals surface area contributed by atoms with Crippen molar-refractivity contribution in [3.63, 3.8) is 0 Å². The van der Waals surface area contributed by atoms with E-state index in [2.05, 4.69) is 38.2 Å². The minimum atomic E-state index is 0.541. The lowest BCUT2D eigenvalue weighted by atomic mass is 10.1. The second kappa shape index (κ2) is 9.71. The van der Waals surface area contributed by atoms with Gasteiger partial charge in [0.2, 0.25) is 0 Å². The highest BCUT2D eigenvalue weighted by Gasteiger charge is 2.02. The topological polar surface area (TPSA) is 21.3 Å². The largest absolute Gasteiger partial charge is 0.494 e. The maximum atomic E-state index is 5.58. The van der Waals surface area contributed by atoms with Crippen molar-refractivity contribution in [1.82, 2.24) is 0 Å². The standard InChI is InChI=1S/C17H29NO/c1-4-6-7-8-9-15(3)18-16-10-12-17(13-11-16)19-14-5-2/h10-13,15,18H,4-9,14H2,1-3H3. The number of rotatable bonds is 10. The molecule has 0 heterocycles. The van der Waals surface area contributed by atoms with Crippen molar-refractivity contribution < 1.29 is 4.74 Å². The number of hydrogen-bond acceptors (Lipinski definition) is 2. The van der Waals surface area contributed by atoms with Gasteiger partial charge in [0.25, 0.3) is 0 Å². The van der Waals surface area contributed by atoms with E-state index in [4.69, 9.17) is 4.74 Å². The number of unbranched alkanes of at least 4 members (excludes halogenated alkanes) is 3. The summed E-state index contributed by atoms with van der Waals surface area (Å²) >= 11 is 0. The van der Waals surface area contributed by atoms with Gasteiger partial charge in [-0.3, -0.25) is 0 Å². The normalized spacial score (nSPS) is 12.2. The third-order valence-corrected chi connectivity index (χ3v) is 3.23. The van der Waals surface area contributed by atoms with Crippen LogP contribution in [0.5, 0.6) is 5.75 Å². The average Bonchev–Trinajstić information content (AvgIpc) is 2.43. The van der Waals surface area contributed by atoms with Gasteiger partial charge in [0, 0.05) is 11.7 Å². The first-order chi connectivity index (χ1) is 9.26. The van der Waals surface area contributed by atoms with Gasteiger partial charge in [0.05, 0.1) is 6.61 Å². The van der Waals surface area contributed by atoms with E-state index < -0.39 is 0 Å². The van der Waals surface area contributed by atoms with E-state index in [1.165, 1.54) is 37.8 Å². The molecule has 1 N–H and O–H groups in total. The summed E-state index contributed by atoms with van der Waals surface area (Å²) in [4.78, 5) is 0. The van der Waals surface area contributed by atoms with Crippen LogP contribution < -0.4 is 10.1 Å². The summed E-state index contributed by atoms with van der Waals surface area (Å²) < 4.78 is 5.58. The van der Waals surface area contributed by atoms with Crippen molar-refractivity contribution in [3.8, 4) is 5.75 Å². The molecule has 0 spiro atoms. The van der Waals surface area contributed by atoms with Crippen LogP contribution >= 0.6 is 0 Å². The quantitative estimate of drug-likeness (QED) is 0.582. The average molecular weight is 263 g/mol. The van der Waals surface area contributed by atoms with E-state index in [9.17, 15) is 0 Å². The van der Waals surface area contributed by atoms with Crippen LogP contribution in [0.25, 0.3) is 0 Å². The Hall–Kier alpha value is -1.18. The Bertz CT molecular complexity index is 321. The molecule has 2 heteroatoms. The Morgan fingerprint density at radius 3 is 2.37 bits per heavy atom. The van der Waals surface area contributed by atoms with Gasteiger partial charge in [-0.25, -0.2) is 0 Å². The van der Waals surface area contributed by atoms with Crippen molar-refractivity contribution in [2.24, 2.45) is 0 Å². The Morgan fingerprint density at radius 2 is 1.74 bits per heavy atom. The molecule has 108 valence electrons. The smallest absolute Gasteiger partial charge is 0.119 e. The van der Waals surface area contributed by atoms with E-state index in [0.29, 0.717) is 6.04 Å². The summed E-state index contributed by atoms with van der Waals surface area (Å²) in [6.07, 6.45) is 7.63. The van der Waals surface area contributed by atoms with Crippen molar-refractivity contribution in [2.45, 2.75) is 65.3 Å². The highest BCUT2D eigenvalue weighted by molar-refractivity contribution is 5.46. The molecule has 1 aromatic rings. The number of nitrogens with one attached hydrogen (secondary N) is 1. The molecule has 0 fully saturated rings. The van der Waals surface area contributed by atoms with E-state index in [0.717, 1.165) is 18.8 Å². The molecule has 0 amide bonds. The van der Waals surface area contributed by atoms with Crippen molar-refractivity contribution in [2.75, 3.05) is 11.9 Å². The maximum Gasteiger partial charge on any atom is 0.119 e. The maximum absolute atomic E-state index is 5.58. The molecule has 19 heavy (non-hydrogen) atoms. The van der Waals surface area contributed by atoms with Crippen LogP contribution in [-0.4, -0.2) is 12.6 Å². The van der Waals surface area contributed by atoms with Gasteiger partial charge in [-0.1, -0.05) is 39.5 Å². The van der Waals surface area contributed by atoms with Crippen molar-refractivity contribution in [1.29, 1.82) is 0 Å². The lowest BCUT2D eigenvalue weighted by Crippen LogP contribution is -2.14. The van der Waals surface area contributed by atoms with Gasteiger partial charge in [0.1, 0.15) is 5.75 Å². The first-order valence-corrected chi connectivity index (χ1v) is 7.75. The van der Waals surface area contributed by atoms with Crippen LogP contribution in [0.4, 0.5) is 5.69 Å². The summed E-state index contributed by atoms with van der Waals surface area (Å²) in [6.45, 7) is 7.42. The summed E-state index contributed by atoms with van der Waals surface area (Å²) in [5.74, 6) is 0.961. The van der Waals surface area contributed by atoms with Gasteiger partial charge in [-0.2, -0.15) is 0 Å². The molecular formula is C17H29NO. The highest BCUT2D eigenvalue weighted by atomic mass is 16.5. The third-order valence-electron chi connectivity index (χ3n) is 3.23. The Labute approximate surface area is 118 Å². The SMILES string of the molecule is CCCCCCC(C)Nc1ccc(OCCC)cc1. The first kappa shape index (κ1) is 15.9. The van der Waals surface area contributed by atoms with E-state index >= 15 is 0 Å². The third kappa shape index (κ3) is 7.09. The molecule has 1 rings (SSSR count). The summed E-state index contributed by atoms with van der Waals surface area (Å²) in [5.41, 5.74) is 1.19. The van der Waals surface area contributed by atoms with Crippen LogP contribution in [0, 0.1) is 0 Å². The summed E-state index contributed by atoms with van der Waals surface area (Å²) in [5, 5.41) is 3.55. The number of hydrogen-bond donors (Lipinski definition) is 1. The number of ether oxygens (including phenoxy) is 1. The fourth-order valence-electron chi connectivity index (χ4n) is 2.10. The van der Waals surface area contributed by atoms with Gasteiger partial charge >= 0.3 is 0 Å². The van der Waals surface area contributed by atoms with E-state index in [1.54, 1.807) is 0 Å². The van der Waals surface area contributed by atoms with Crippen LogP contribution in [-0.2, 0) is 0 Å². The van der Waals surface area contributed by atoms with Crippen LogP contribution in [0.3, 0.4) is 0 Å². The van der Waals surface area contributed by atoms with E-state index in [1.807, 2.05) is 12.1 Å². The zero-order chi connectivity index (χ0) is 13.9. The van der Waals surface area contributed by atoms with E-state index in [-0.39, 0.29) is 0 Å². The predicted molar refractivity (Wildman–Crippen MR) is 84.1 cm³/mol. The van der Waals surface area contributed by atoms with Crippen molar-refractivity contribution >= 4 is 5.69 Å². The molecule has 0 saturated heterocycles. The molecule has 0 aliphatic heterocycles. The second-order valence-electron chi connectivity index (χ2n) is 5.27. The highest BCUT2D eigenvalue weighted by Crippen LogP contribution is 2.17. The fourth-order valence-corrected chi connectivity index (χ4v) is 2.10. The van der Waals surface area contributed by atoms with Crippen LogP contribution in [0.15, 0.2) is 24.3 Å². The minimum Gasteiger partial charge on any atom is -0.494 e. The lowest BCUT2D eigenvalue weighted by molar-refractivity contribution is 0.317. The summed E-state index contributed by atoms with van der Waals surface area (Å²) in [6, 6.07) is 8.84. The predicted octanol–water partition coefficient (Wildman–Crippen LogP) is 5.25. The molecule has 1 atom stereocenters. The number of benzene rings is 1. The molecule has 0 saturated carbocycles. The van der Waals surface area contributed by atoms with Gasteiger partial charge in [0.15, 0.2) is 0 Å². The fraction of sp³-hybridized carbons (Fsp3) is 0.647. The zero-order valence-electron chi connectivity index (χ0n) is 12.7. The Balaban J connectivity index is 2.27. The molecule has 1 aromatic carbocycles. The monoisotopic (exact) mass is 263 g/mol. The van der Waals surface area contributed by atoms with Gasteiger partial charge in [-0.05, 0) is 44.0 Å².